The van der Waals surface area contributed by atoms with E-state index in [1.54, 1.807) is 6.07 Å². The second-order valence-electron chi connectivity index (χ2n) is 3.81. The fourth-order valence-corrected chi connectivity index (χ4v) is 1.59. The molecule has 0 unspecified atom stereocenters. The zero-order valence-corrected chi connectivity index (χ0v) is 9.85. The quantitative estimate of drug-likeness (QED) is 0.407. The van der Waals surface area contributed by atoms with Crippen molar-refractivity contribution in [1.82, 2.24) is 25.6 Å². The topological polar surface area (TPSA) is 150 Å². The fourth-order valence-electron chi connectivity index (χ4n) is 1.59. The average molecular weight is 273 g/mol. The van der Waals surface area contributed by atoms with Crippen LogP contribution in [0, 0.1) is 10.1 Å². The molecular weight excluding hydrogens is 266 g/mol. The number of nitro groups is 1. The molecule has 0 fully saturated rings. The smallest absolute Gasteiger partial charge is 0.292 e. The molecule has 3 rings (SSSR count). The number of anilines is 1. The maximum Gasteiger partial charge on any atom is 0.292 e. The van der Waals surface area contributed by atoms with E-state index in [4.69, 9.17) is 10.3 Å². The molecule has 1 aromatic carbocycles. The van der Waals surface area contributed by atoms with E-state index < -0.39 is 4.92 Å². The first-order chi connectivity index (χ1) is 9.65. The van der Waals surface area contributed by atoms with Crippen LogP contribution in [0.4, 0.5) is 11.4 Å². The maximum absolute atomic E-state index is 10.8. The standard InChI is InChI=1S/C10H7N7O3/c11-6-2-1-5(3-8(6)17(18)19)10-13-9(15-20-10)7-4-12-16-14-7/h1-4H,11H2,(H,12,14,16). The number of hydrogen-bond acceptors (Lipinski definition) is 8. The van der Waals surface area contributed by atoms with E-state index in [-0.39, 0.29) is 23.1 Å². The molecule has 3 aromatic rings. The number of nitrogens with zero attached hydrogens (tertiary/aromatic N) is 5. The summed E-state index contributed by atoms with van der Waals surface area (Å²) in [6, 6.07) is 4.24. The molecule has 0 atom stereocenters. The molecule has 0 saturated carbocycles. The molecule has 0 saturated heterocycles. The minimum Gasteiger partial charge on any atom is -0.393 e. The number of H-pyrrole nitrogens is 1. The van der Waals surface area contributed by atoms with Gasteiger partial charge in [-0.1, -0.05) is 5.16 Å². The van der Waals surface area contributed by atoms with Gasteiger partial charge in [-0.15, -0.1) is 0 Å². The molecule has 0 spiro atoms. The van der Waals surface area contributed by atoms with Crippen molar-refractivity contribution in [3.8, 4) is 23.0 Å². The molecule has 100 valence electrons. The summed E-state index contributed by atoms with van der Waals surface area (Å²) in [5.74, 6) is 0.360. The van der Waals surface area contributed by atoms with Crippen molar-refractivity contribution in [2.75, 3.05) is 5.73 Å². The Balaban J connectivity index is 2.02. The summed E-state index contributed by atoms with van der Waals surface area (Å²) in [6.45, 7) is 0. The largest absolute Gasteiger partial charge is 0.393 e. The Morgan fingerprint density at radius 1 is 1.40 bits per heavy atom. The SMILES string of the molecule is Nc1ccc(-c2nc(-c3cn[nH]n3)no2)cc1[N+](=O)[O-]. The zero-order chi connectivity index (χ0) is 14.1. The molecule has 0 radical (unpaired) electrons. The van der Waals surface area contributed by atoms with Crippen LogP contribution in [0.15, 0.2) is 28.9 Å². The Morgan fingerprint density at radius 2 is 2.25 bits per heavy atom. The lowest BCUT2D eigenvalue weighted by Crippen LogP contribution is -1.95. The summed E-state index contributed by atoms with van der Waals surface area (Å²) in [7, 11) is 0. The van der Waals surface area contributed by atoms with Gasteiger partial charge in [-0.3, -0.25) is 10.1 Å². The van der Waals surface area contributed by atoms with Gasteiger partial charge in [0.25, 0.3) is 11.6 Å². The third-order valence-electron chi connectivity index (χ3n) is 2.54. The van der Waals surface area contributed by atoms with E-state index in [9.17, 15) is 10.1 Å². The van der Waals surface area contributed by atoms with Crippen molar-refractivity contribution < 1.29 is 9.45 Å². The third-order valence-corrected chi connectivity index (χ3v) is 2.54. The van der Waals surface area contributed by atoms with Crippen LogP contribution in [-0.4, -0.2) is 30.5 Å². The van der Waals surface area contributed by atoms with Crippen LogP contribution >= 0.6 is 0 Å². The van der Waals surface area contributed by atoms with Crippen LogP contribution in [-0.2, 0) is 0 Å². The Morgan fingerprint density at radius 3 is 2.95 bits per heavy atom. The Labute approximate surface area is 110 Å². The highest BCUT2D eigenvalue weighted by Gasteiger charge is 2.17. The summed E-state index contributed by atoms with van der Waals surface area (Å²) in [5.41, 5.74) is 6.17. The van der Waals surface area contributed by atoms with Crippen LogP contribution in [0.2, 0.25) is 0 Å². The van der Waals surface area contributed by atoms with Gasteiger partial charge in [0.1, 0.15) is 5.69 Å². The third kappa shape index (κ3) is 1.94. The number of nitrogens with one attached hydrogen (secondary N) is 1. The molecule has 10 heteroatoms. The summed E-state index contributed by atoms with van der Waals surface area (Å²) < 4.78 is 5.04. The summed E-state index contributed by atoms with van der Waals surface area (Å²) in [6.07, 6.45) is 1.43. The second kappa shape index (κ2) is 4.42. The Bertz CT molecular complexity index is 765. The second-order valence-corrected chi connectivity index (χ2v) is 3.81. The highest BCUT2D eigenvalue weighted by Crippen LogP contribution is 2.28. The van der Waals surface area contributed by atoms with Crippen molar-refractivity contribution in [3.05, 3.63) is 34.5 Å². The number of aromatic nitrogens is 5. The van der Waals surface area contributed by atoms with Crippen LogP contribution < -0.4 is 5.73 Å². The number of rotatable bonds is 3. The minimum absolute atomic E-state index is 0.0648. The number of nitro benzene ring substituents is 1. The predicted molar refractivity (Wildman–Crippen MR) is 66.2 cm³/mol. The number of hydrogen-bond donors (Lipinski definition) is 2. The van der Waals surface area contributed by atoms with E-state index in [2.05, 4.69) is 25.6 Å². The molecule has 20 heavy (non-hydrogen) atoms. The van der Waals surface area contributed by atoms with Crippen molar-refractivity contribution in [1.29, 1.82) is 0 Å². The Hall–Kier alpha value is -3.30. The minimum atomic E-state index is -0.576. The lowest BCUT2D eigenvalue weighted by molar-refractivity contribution is -0.383. The van der Waals surface area contributed by atoms with E-state index in [0.29, 0.717) is 11.3 Å². The van der Waals surface area contributed by atoms with Crippen LogP contribution in [0.1, 0.15) is 0 Å². The van der Waals surface area contributed by atoms with Crippen LogP contribution in [0.25, 0.3) is 23.0 Å². The lowest BCUT2D eigenvalue weighted by atomic mass is 10.2. The van der Waals surface area contributed by atoms with E-state index in [1.165, 1.54) is 18.3 Å². The molecule has 3 N–H and O–H groups in total. The highest BCUT2D eigenvalue weighted by molar-refractivity contribution is 5.68. The van der Waals surface area contributed by atoms with Gasteiger partial charge in [0.05, 0.1) is 11.1 Å². The van der Waals surface area contributed by atoms with Crippen molar-refractivity contribution in [3.63, 3.8) is 0 Å². The molecule has 2 heterocycles. The summed E-state index contributed by atoms with van der Waals surface area (Å²) >= 11 is 0. The number of benzene rings is 1. The molecule has 2 aromatic heterocycles. The number of nitrogens with two attached hydrogens (primary N) is 1. The van der Waals surface area contributed by atoms with Crippen molar-refractivity contribution >= 4 is 11.4 Å². The first-order valence-corrected chi connectivity index (χ1v) is 5.39. The maximum atomic E-state index is 10.8. The molecule has 10 nitrogen and oxygen atoms in total. The van der Waals surface area contributed by atoms with E-state index >= 15 is 0 Å². The highest BCUT2D eigenvalue weighted by atomic mass is 16.6. The van der Waals surface area contributed by atoms with Crippen LogP contribution in [0.3, 0.4) is 0 Å². The van der Waals surface area contributed by atoms with Crippen LogP contribution in [0.5, 0.6) is 0 Å². The molecular formula is C10H7N7O3. The average Bonchev–Trinajstić information content (AvgIpc) is 3.09. The van der Waals surface area contributed by atoms with Gasteiger partial charge in [0.15, 0.2) is 5.69 Å². The van der Waals surface area contributed by atoms with Crippen molar-refractivity contribution in [2.24, 2.45) is 0 Å². The van der Waals surface area contributed by atoms with Gasteiger partial charge >= 0.3 is 0 Å². The van der Waals surface area contributed by atoms with Gasteiger partial charge in [-0.25, -0.2) is 0 Å². The zero-order valence-electron chi connectivity index (χ0n) is 9.85. The normalized spacial score (nSPS) is 10.6. The van der Waals surface area contributed by atoms with Gasteiger partial charge in [0.2, 0.25) is 5.82 Å². The molecule has 0 aliphatic rings. The predicted octanol–water partition coefficient (Wildman–Crippen LogP) is 1.01. The van der Waals surface area contributed by atoms with Crippen molar-refractivity contribution in [2.45, 2.75) is 0 Å². The van der Waals surface area contributed by atoms with Gasteiger partial charge in [-0.05, 0) is 12.1 Å². The Kier molecular flexibility index (Phi) is 2.60. The van der Waals surface area contributed by atoms with E-state index in [0.717, 1.165) is 0 Å². The van der Waals surface area contributed by atoms with Gasteiger partial charge in [0, 0.05) is 11.6 Å². The first-order valence-electron chi connectivity index (χ1n) is 5.39. The summed E-state index contributed by atoms with van der Waals surface area (Å²) in [5, 5.41) is 24.4. The number of nitrogen functional groups attached to an aromatic ring is 1. The first kappa shape index (κ1) is 11.8. The van der Waals surface area contributed by atoms with E-state index in [1.807, 2.05) is 0 Å². The number of aromatic amines is 1. The molecule has 0 amide bonds. The lowest BCUT2D eigenvalue weighted by Gasteiger charge is -1.98. The fraction of sp³-hybridized carbons (Fsp3) is 0. The molecule has 0 bridgehead atoms. The monoisotopic (exact) mass is 273 g/mol. The van der Waals surface area contributed by atoms with Gasteiger partial charge < -0.3 is 10.3 Å². The van der Waals surface area contributed by atoms with Gasteiger partial charge in [-0.2, -0.15) is 20.4 Å². The molecule has 0 aliphatic carbocycles. The molecule has 0 aliphatic heterocycles. The summed E-state index contributed by atoms with van der Waals surface area (Å²) in [4.78, 5) is 14.3.